The van der Waals surface area contributed by atoms with Crippen molar-refractivity contribution in [3.63, 3.8) is 0 Å². The van der Waals surface area contributed by atoms with Gasteiger partial charge in [-0.25, -0.2) is 9.97 Å². The van der Waals surface area contributed by atoms with Gasteiger partial charge in [0.15, 0.2) is 5.65 Å². The number of aryl methyl sites for hydroxylation is 3. The molecule has 8 nitrogen and oxygen atoms in total. The number of rotatable bonds is 3. The van der Waals surface area contributed by atoms with Gasteiger partial charge in [0, 0.05) is 37.4 Å². The first-order chi connectivity index (χ1) is 12.0. The summed E-state index contributed by atoms with van der Waals surface area (Å²) in [5.41, 5.74) is 2.73. The molecule has 2 atom stereocenters. The number of hydrogen-bond donors (Lipinski definition) is 2. The highest BCUT2D eigenvalue weighted by atomic mass is 16.5. The van der Waals surface area contributed by atoms with E-state index in [2.05, 4.69) is 25.5 Å². The Morgan fingerprint density at radius 3 is 3.04 bits per heavy atom. The molecule has 3 aromatic rings. The number of fused-ring (bicyclic) bond motifs is 1. The summed E-state index contributed by atoms with van der Waals surface area (Å²) in [5, 5.41) is 10.9. The van der Waals surface area contributed by atoms with Crippen molar-refractivity contribution in [1.29, 1.82) is 0 Å². The molecule has 0 bridgehead atoms. The lowest BCUT2D eigenvalue weighted by Gasteiger charge is -2.20. The molecular formula is C17H20N6O2. The fourth-order valence-electron chi connectivity index (χ4n) is 3.37. The number of hydrogen-bond acceptors (Lipinski definition) is 5. The van der Waals surface area contributed by atoms with Crippen molar-refractivity contribution < 1.29 is 9.53 Å². The molecule has 1 saturated heterocycles. The zero-order valence-corrected chi connectivity index (χ0v) is 14.4. The summed E-state index contributed by atoms with van der Waals surface area (Å²) in [6.07, 6.45) is 4.12. The van der Waals surface area contributed by atoms with Gasteiger partial charge in [0.2, 0.25) is 0 Å². The van der Waals surface area contributed by atoms with E-state index < -0.39 is 0 Å². The SMILES string of the molecule is Cc1cc(C(=O)N[C@H]2CCO[C@@H]2c2nccn2C)c2c(C)[nH]nc2n1. The van der Waals surface area contributed by atoms with Gasteiger partial charge in [-0.3, -0.25) is 9.89 Å². The Hall–Kier alpha value is -2.74. The average Bonchev–Trinajstić information content (AvgIpc) is 3.28. The number of carbonyl (C=O) groups is 1. The van der Waals surface area contributed by atoms with Crippen LogP contribution in [0.15, 0.2) is 18.5 Å². The highest BCUT2D eigenvalue weighted by Crippen LogP contribution is 2.28. The summed E-state index contributed by atoms with van der Waals surface area (Å²) in [5.74, 6) is 0.674. The van der Waals surface area contributed by atoms with Gasteiger partial charge < -0.3 is 14.6 Å². The van der Waals surface area contributed by atoms with Crippen LogP contribution in [-0.2, 0) is 11.8 Å². The number of aromatic amines is 1. The monoisotopic (exact) mass is 340 g/mol. The van der Waals surface area contributed by atoms with Gasteiger partial charge in [0.25, 0.3) is 5.91 Å². The zero-order chi connectivity index (χ0) is 17.6. The lowest BCUT2D eigenvalue weighted by molar-refractivity contribution is 0.0780. The van der Waals surface area contributed by atoms with Gasteiger partial charge in [-0.15, -0.1) is 0 Å². The average molecular weight is 340 g/mol. The zero-order valence-electron chi connectivity index (χ0n) is 14.4. The van der Waals surface area contributed by atoms with Gasteiger partial charge in [0.1, 0.15) is 11.9 Å². The second-order valence-corrected chi connectivity index (χ2v) is 6.41. The van der Waals surface area contributed by atoms with Crippen molar-refractivity contribution in [3.8, 4) is 0 Å². The van der Waals surface area contributed by atoms with E-state index in [1.165, 1.54) is 0 Å². The summed E-state index contributed by atoms with van der Waals surface area (Å²) in [7, 11) is 1.92. The number of pyridine rings is 1. The van der Waals surface area contributed by atoms with Crippen molar-refractivity contribution in [3.05, 3.63) is 41.2 Å². The van der Waals surface area contributed by atoms with Crippen molar-refractivity contribution >= 4 is 16.9 Å². The summed E-state index contributed by atoms with van der Waals surface area (Å²) in [6.45, 7) is 4.34. The Labute approximate surface area is 144 Å². The van der Waals surface area contributed by atoms with Gasteiger partial charge in [-0.2, -0.15) is 5.10 Å². The smallest absolute Gasteiger partial charge is 0.252 e. The molecule has 4 heterocycles. The lowest BCUT2D eigenvalue weighted by atomic mass is 10.1. The van der Waals surface area contributed by atoms with Gasteiger partial charge in [0.05, 0.1) is 17.0 Å². The molecule has 25 heavy (non-hydrogen) atoms. The molecule has 1 amide bonds. The lowest BCUT2D eigenvalue weighted by Crippen LogP contribution is -2.37. The van der Waals surface area contributed by atoms with Gasteiger partial charge in [-0.1, -0.05) is 0 Å². The van der Waals surface area contributed by atoms with E-state index in [1.54, 1.807) is 12.3 Å². The molecule has 130 valence electrons. The molecule has 1 aliphatic rings. The minimum Gasteiger partial charge on any atom is -0.368 e. The molecule has 8 heteroatoms. The Bertz CT molecular complexity index is 944. The first-order valence-electron chi connectivity index (χ1n) is 8.26. The second kappa shape index (κ2) is 5.96. The fraction of sp³-hybridized carbons (Fsp3) is 0.412. The third-order valence-corrected chi connectivity index (χ3v) is 4.60. The summed E-state index contributed by atoms with van der Waals surface area (Å²) in [6, 6.07) is 1.68. The topological polar surface area (TPSA) is 97.7 Å². The fourth-order valence-corrected chi connectivity index (χ4v) is 3.37. The third kappa shape index (κ3) is 2.68. The van der Waals surface area contributed by atoms with Crippen LogP contribution in [0.5, 0.6) is 0 Å². The Kier molecular flexibility index (Phi) is 3.76. The molecule has 0 aliphatic carbocycles. The Morgan fingerprint density at radius 2 is 2.28 bits per heavy atom. The van der Waals surface area contributed by atoms with Crippen molar-refractivity contribution in [2.24, 2.45) is 7.05 Å². The molecule has 0 spiro atoms. The van der Waals surface area contributed by atoms with E-state index in [9.17, 15) is 4.79 Å². The van der Waals surface area contributed by atoms with E-state index >= 15 is 0 Å². The predicted molar refractivity (Wildman–Crippen MR) is 91.1 cm³/mol. The molecule has 1 aliphatic heterocycles. The van der Waals surface area contributed by atoms with Crippen LogP contribution in [0.4, 0.5) is 0 Å². The maximum atomic E-state index is 13.0. The first kappa shape index (κ1) is 15.8. The second-order valence-electron chi connectivity index (χ2n) is 6.41. The van der Waals surface area contributed by atoms with Crippen LogP contribution in [0, 0.1) is 13.8 Å². The summed E-state index contributed by atoms with van der Waals surface area (Å²) >= 11 is 0. The Morgan fingerprint density at radius 1 is 1.44 bits per heavy atom. The van der Waals surface area contributed by atoms with Crippen LogP contribution in [0.3, 0.4) is 0 Å². The van der Waals surface area contributed by atoms with Crippen molar-refractivity contribution in [2.45, 2.75) is 32.4 Å². The molecule has 2 N–H and O–H groups in total. The maximum Gasteiger partial charge on any atom is 0.252 e. The number of aromatic nitrogens is 5. The maximum absolute atomic E-state index is 13.0. The molecule has 4 rings (SSSR count). The first-order valence-corrected chi connectivity index (χ1v) is 8.26. The highest BCUT2D eigenvalue weighted by molar-refractivity contribution is 6.06. The number of ether oxygens (including phenoxy) is 1. The quantitative estimate of drug-likeness (QED) is 0.754. The molecular weight excluding hydrogens is 320 g/mol. The molecule has 1 fully saturated rings. The van der Waals surface area contributed by atoms with Crippen LogP contribution in [0.1, 0.15) is 40.1 Å². The van der Waals surface area contributed by atoms with Gasteiger partial charge in [-0.05, 0) is 26.3 Å². The van der Waals surface area contributed by atoms with E-state index in [-0.39, 0.29) is 18.1 Å². The molecule has 0 saturated carbocycles. The summed E-state index contributed by atoms with van der Waals surface area (Å²) in [4.78, 5) is 21.7. The van der Waals surface area contributed by atoms with E-state index in [4.69, 9.17) is 4.74 Å². The number of imidazole rings is 1. The summed E-state index contributed by atoms with van der Waals surface area (Å²) < 4.78 is 7.74. The van der Waals surface area contributed by atoms with E-state index in [0.29, 0.717) is 17.8 Å². The van der Waals surface area contributed by atoms with Crippen LogP contribution < -0.4 is 5.32 Å². The van der Waals surface area contributed by atoms with Crippen molar-refractivity contribution in [2.75, 3.05) is 6.61 Å². The normalized spacial score (nSPS) is 20.3. The number of nitrogens with one attached hydrogen (secondary N) is 2. The minimum absolute atomic E-state index is 0.121. The van der Waals surface area contributed by atoms with E-state index in [0.717, 1.165) is 29.0 Å². The molecule has 0 aromatic carbocycles. The predicted octanol–water partition coefficient (Wildman–Crippen LogP) is 1.57. The van der Waals surface area contributed by atoms with Crippen molar-refractivity contribution in [1.82, 2.24) is 30.0 Å². The molecule has 0 radical (unpaired) electrons. The van der Waals surface area contributed by atoms with E-state index in [1.807, 2.05) is 31.7 Å². The largest absolute Gasteiger partial charge is 0.368 e. The van der Waals surface area contributed by atoms with Crippen LogP contribution in [-0.4, -0.2) is 43.3 Å². The van der Waals surface area contributed by atoms with Crippen LogP contribution >= 0.6 is 0 Å². The van der Waals surface area contributed by atoms with Gasteiger partial charge >= 0.3 is 0 Å². The molecule has 3 aromatic heterocycles. The number of carbonyl (C=O) groups excluding carboxylic acids is 1. The number of amides is 1. The van der Waals surface area contributed by atoms with Crippen LogP contribution in [0.25, 0.3) is 11.0 Å². The number of H-pyrrole nitrogens is 1. The third-order valence-electron chi connectivity index (χ3n) is 4.60. The number of nitrogens with zero attached hydrogens (tertiary/aromatic N) is 4. The molecule has 0 unspecified atom stereocenters. The minimum atomic E-state index is -0.243. The Balaban J connectivity index is 1.64. The highest BCUT2D eigenvalue weighted by Gasteiger charge is 2.34. The standard InChI is InChI=1S/C17H20N6O2/c1-9-8-11(13-10(2)21-22-15(13)19-9)17(24)20-12-4-7-25-14(12)16-18-5-6-23(16)3/h5-6,8,12,14H,4,7H2,1-3H3,(H,20,24)(H,19,21,22)/t12-,14-/m0/s1. The van der Waals surface area contributed by atoms with Crippen LogP contribution in [0.2, 0.25) is 0 Å².